The summed E-state index contributed by atoms with van der Waals surface area (Å²) >= 11 is 0. The van der Waals surface area contributed by atoms with Gasteiger partial charge in [0.2, 0.25) is 0 Å². The number of nitrogens with zero attached hydrogens (tertiary/aromatic N) is 1. The molecule has 0 saturated heterocycles. The molecular formula is C15H25N3O4. The van der Waals surface area contributed by atoms with E-state index in [-0.39, 0.29) is 35.7 Å². The number of ketones is 1. The molecule has 0 aromatic rings. The fourth-order valence-corrected chi connectivity index (χ4v) is 3.61. The van der Waals surface area contributed by atoms with Gasteiger partial charge in [0, 0.05) is 24.4 Å². The molecule has 2 rings (SSSR count). The summed E-state index contributed by atoms with van der Waals surface area (Å²) in [7, 11) is 0. The first kappa shape index (κ1) is 17.0. The van der Waals surface area contributed by atoms with Gasteiger partial charge in [-0.3, -0.25) is 9.59 Å². The molecule has 4 N–H and O–H groups in total. The Morgan fingerprint density at radius 2 is 1.59 bits per heavy atom. The van der Waals surface area contributed by atoms with Crippen LogP contribution in [0.3, 0.4) is 0 Å². The van der Waals surface area contributed by atoms with E-state index in [1.165, 1.54) is 6.92 Å². The maximum atomic E-state index is 12.3. The van der Waals surface area contributed by atoms with Gasteiger partial charge in [-0.15, -0.1) is 0 Å². The molecule has 2 fully saturated rings. The average Bonchev–Trinajstić information content (AvgIpc) is 2.45. The topological polar surface area (TPSA) is 125 Å². The Morgan fingerprint density at radius 3 is 2.14 bits per heavy atom. The van der Waals surface area contributed by atoms with Crippen LogP contribution in [0.25, 0.3) is 0 Å². The summed E-state index contributed by atoms with van der Waals surface area (Å²) in [6, 6.07) is -0.625. The van der Waals surface area contributed by atoms with Crippen LogP contribution < -0.4 is 11.5 Å². The number of carbonyl (C=O) groups is 2. The summed E-state index contributed by atoms with van der Waals surface area (Å²) in [5, 5.41) is 3.04. The van der Waals surface area contributed by atoms with Gasteiger partial charge in [-0.25, -0.2) is 0 Å². The molecule has 0 aromatic heterocycles. The normalized spacial score (nSPS) is 39.0. The Morgan fingerprint density at radius 1 is 0.955 bits per heavy atom. The smallest absolute Gasteiger partial charge is 0.309 e. The lowest BCUT2D eigenvalue weighted by Crippen LogP contribution is -2.43. The van der Waals surface area contributed by atoms with Crippen molar-refractivity contribution in [2.45, 2.75) is 69.7 Å². The summed E-state index contributed by atoms with van der Waals surface area (Å²) in [4.78, 5) is 34.7. The number of esters is 1. The van der Waals surface area contributed by atoms with Crippen molar-refractivity contribution in [3.05, 3.63) is 4.91 Å². The van der Waals surface area contributed by atoms with E-state index in [9.17, 15) is 14.5 Å². The van der Waals surface area contributed by atoms with Gasteiger partial charge < -0.3 is 16.2 Å². The predicted octanol–water partition coefficient (Wildman–Crippen LogP) is 0.877. The van der Waals surface area contributed by atoms with Crippen LogP contribution in [0.2, 0.25) is 0 Å². The van der Waals surface area contributed by atoms with Crippen LogP contribution in [0.15, 0.2) is 5.18 Å². The third-order valence-corrected chi connectivity index (χ3v) is 4.76. The minimum absolute atomic E-state index is 0.0103. The summed E-state index contributed by atoms with van der Waals surface area (Å²) in [6.45, 7) is 1.50. The number of ether oxygens (including phenoxy) is 1. The lowest BCUT2D eigenvalue weighted by Gasteiger charge is -2.33. The third-order valence-electron chi connectivity index (χ3n) is 4.76. The van der Waals surface area contributed by atoms with Gasteiger partial charge in [-0.2, -0.15) is 4.91 Å². The Bertz CT molecular complexity index is 433. The Balaban J connectivity index is 1.94. The first-order chi connectivity index (χ1) is 10.4. The van der Waals surface area contributed by atoms with E-state index < -0.39 is 12.1 Å². The minimum Gasteiger partial charge on any atom is -0.462 e. The lowest BCUT2D eigenvalue weighted by atomic mass is 9.81. The van der Waals surface area contributed by atoms with Gasteiger partial charge in [0.15, 0.2) is 0 Å². The lowest BCUT2D eigenvalue weighted by molar-refractivity contribution is -0.159. The van der Waals surface area contributed by atoms with Gasteiger partial charge in [0.05, 0.1) is 12.0 Å². The molecule has 2 aliphatic rings. The molecule has 0 heterocycles. The number of nitrogens with two attached hydrogens (primary N) is 2. The Hall–Kier alpha value is -1.34. The van der Waals surface area contributed by atoms with Crippen molar-refractivity contribution in [2.75, 3.05) is 0 Å². The van der Waals surface area contributed by atoms with Gasteiger partial charge in [-0.1, -0.05) is 5.18 Å². The van der Waals surface area contributed by atoms with Crippen molar-refractivity contribution >= 4 is 11.8 Å². The average molecular weight is 311 g/mol. The summed E-state index contributed by atoms with van der Waals surface area (Å²) in [5.74, 6) is -0.857. The van der Waals surface area contributed by atoms with Crippen molar-refractivity contribution in [3.63, 3.8) is 0 Å². The highest BCUT2D eigenvalue weighted by molar-refractivity contribution is 5.78. The fourth-order valence-electron chi connectivity index (χ4n) is 3.61. The molecule has 5 unspecified atom stereocenters. The molecule has 22 heavy (non-hydrogen) atoms. The van der Waals surface area contributed by atoms with Crippen molar-refractivity contribution in [2.24, 2.45) is 28.5 Å². The molecule has 0 spiro atoms. The number of nitroso groups, excluding NO2 is 1. The first-order valence-corrected chi connectivity index (χ1v) is 7.93. The van der Waals surface area contributed by atoms with Crippen LogP contribution in [0.4, 0.5) is 0 Å². The van der Waals surface area contributed by atoms with Gasteiger partial charge in [0.1, 0.15) is 11.9 Å². The highest BCUT2D eigenvalue weighted by Crippen LogP contribution is 2.31. The molecule has 124 valence electrons. The number of carbonyl (C=O) groups excluding carboxylic acids is 2. The Labute approximate surface area is 130 Å². The third kappa shape index (κ3) is 4.33. The van der Waals surface area contributed by atoms with Gasteiger partial charge in [-0.05, 0) is 39.0 Å². The van der Waals surface area contributed by atoms with Crippen molar-refractivity contribution in [3.8, 4) is 0 Å². The molecule has 5 atom stereocenters. The largest absolute Gasteiger partial charge is 0.462 e. The molecule has 7 nitrogen and oxygen atoms in total. The zero-order chi connectivity index (χ0) is 16.3. The second-order valence-electron chi connectivity index (χ2n) is 6.76. The molecular weight excluding hydrogens is 286 g/mol. The van der Waals surface area contributed by atoms with Crippen molar-refractivity contribution in [1.82, 2.24) is 0 Å². The fraction of sp³-hybridized carbons (Fsp3) is 0.867. The standard InChI is InChI=1S/C15H25N3O4/c1-8(19)9-4-13(18-21)7-14(5-9)22-15(20)10-2-11(16)6-12(17)3-10/h9-14H,2-7,16-17H2,1H3. The van der Waals surface area contributed by atoms with Gasteiger partial charge in [0.25, 0.3) is 0 Å². The van der Waals surface area contributed by atoms with Crippen molar-refractivity contribution < 1.29 is 14.3 Å². The number of hydrogen-bond donors (Lipinski definition) is 2. The second kappa shape index (κ2) is 7.28. The summed E-state index contributed by atoms with van der Waals surface area (Å²) in [6.07, 6.45) is 2.76. The highest BCUT2D eigenvalue weighted by Gasteiger charge is 2.37. The monoisotopic (exact) mass is 311 g/mol. The van der Waals surface area contributed by atoms with Crippen LogP contribution >= 0.6 is 0 Å². The molecule has 2 aliphatic carbocycles. The van der Waals surface area contributed by atoms with E-state index in [2.05, 4.69) is 5.18 Å². The number of hydrogen-bond acceptors (Lipinski definition) is 7. The summed E-state index contributed by atoms with van der Waals surface area (Å²) in [5.41, 5.74) is 11.8. The van der Waals surface area contributed by atoms with E-state index >= 15 is 0 Å². The van der Waals surface area contributed by atoms with Crippen LogP contribution in [0, 0.1) is 16.7 Å². The molecule has 0 radical (unpaired) electrons. The Kier molecular flexibility index (Phi) is 5.63. The molecule has 0 amide bonds. The summed E-state index contributed by atoms with van der Waals surface area (Å²) < 4.78 is 5.54. The molecule has 7 heteroatoms. The predicted molar refractivity (Wildman–Crippen MR) is 80.8 cm³/mol. The second-order valence-corrected chi connectivity index (χ2v) is 6.76. The minimum atomic E-state index is -0.462. The molecule has 0 aliphatic heterocycles. The van der Waals surface area contributed by atoms with Crippen LogP contribution in [-0.4, -0.2) is 36.0 Å². The zero-order valence-corrected chi connectivity index (χ0v) is 12.9. The number of Topliss-reactive ketones (excluding diaryl/α,β-unsaturated/α-hetero) is 1. The van der Waals surface area contributed by atoms with Crippen LogP contribution in [0.5, 0.6) is 0 Å². The zero-order valence-electron chi connectivity index (χ0n) is 12.9. The van der Waals surface area contributed by atoms with Crippen LogP contribution in [0.1, 0.15) is 45.4 Å². The van der Waals surface area contributed by atoms with Crippen molar-refractivity contribution in [1.29, 1.82) is 0 Å². The number of rotatable bonds is 4. The van der Waals surface area contributed by atoms with E-state index in [1.54, 1.807) is 0 Å². The molecule has 2 saturated carbocycles. The van der Waals surface area contributed by atoms with E-state index in [0.717, 1.165) is 6.42 Å². The maximum absolute atomic E-state index is 12.3. The van der Waals surface area contributed by atoms with Gasteiger partial charge >= 0.3 is 5.97 Å². The molecule has 0 bridgehead atoms. The quantitative estimate of drug-likeness (QED) is 0.586. The van der Waals surface area contributed by atoms with Crippen LogP contribution in [-0.2, 0) is 14.3 Å². The van der Waals surface area contributed by atoms with E-state index in [1.807, 2.05) is 0 Å². The highest BCUT2D eigenvalue weighted by atomic mass is 16.5. The molecule has 0 aromatic carbocycles. The maximum Gasteiger partial charge on any atom is 0.309 e. The van der Waals surface area contributed by atoms with E-state index in [4.69, 9.17) is 16.2 Å². The SMILES string of the molecule is CC(=O)C1CC(N=O)CC(OC(=O)C2CC(N)CC(N)C2)C1. The van der Waals surface area contributed by atoms with E-state index in [0.29, 0.717) is 32.1 Å². The first-order valence-electron chi connectivity index (χ1n) is 7.93.